The van der Waals surface area contributed by atoms with Gasteiger partial charge in [0.1, 0.15) is 11.7 Å². The van der Waals surface area contributed by atoms with E-state index in [-0.39, 0.29) is 23.7 Å². The highest BCUT2D eigenvalue weighted by atomic mass is 16.6. The van der Waals surface area contributed by atoms with Gasteiger partial charge >= 0.3 is 0 Å². The van der Waals surface area contributed by atoms with Gasteiger partial charge in [-0.3, -0.25) is 4.79 Å². The van der Waals surface area contributed by atoms with Crippen LogP contribution in [0, 0.1) is 5.92 Å². The van der Waals surface area contributed by atoms with E-state index in [1.54, 1.807) is 0 Å². The molecule has 3 fully saturated rings. The molecule has 1 heterocycles. The number of carbonyl (C=O) groups is 1. The van der Waals surface area contributed by atoms with E-state index in [4.69, 9.17) is 9.47 Å². The SMILES string of the molecule is C[C@@H]1CCO[C@@]23CCCC[C@@H]2C(=O)[C@H]3O1. The van der Waals surface area contributed by atoms with Crippen LogP contribution >= 0.6 is 0 Å². The Balaban J connectivity index is 1.88. The average Bonchev–Trinajstić information content (AvgIpc) is 2.37. The van der Waals surface area contributed by atoms with Crippen molar-refractivity contribution in [3.63, 3.8) is 0 Å². The Bertz CT molecular complexity index is 289. The van der Waals surface area contributed by atoms with Crippen LogP contribution in [0.4, 0.5) is 0 Å². The first-order valence-electron chi connectivity index (χ1n) is 6.07. The Morgan fingerprint density at radius 2 is 2.20 bits per heavy atom. The highest BCUT2D eigenvalue weighted by molar-refractivity contribution is 5.95. The van der Waals surface area contributed by atoms with Crippen LogP contribution in [-0.4, -0.2) is 30.2 Å². The molecule has 0 aromatic rings. The first-order chi connectivity index (χ1) is 7.24. The molecule has 15 heavy (non-hydrogen) atoms. The molecule has 2 aliphatic carbocycles. The molecule has 0 N–H and O–H groups in total. The lowest BCUT2D eigenvalue weighted by Gasteiger charge is -2.54. The first-order valence-corrected chi connectivity index (χ1v) is 6.07. The summed E-state index contributed by atoms with van der Waals surface area (Å²) in [7, 11) is 0. The van der Waals surface area contributed by atoms with Crippen molar-refractivity contribution in [1.82, 2.24) is 0 Å². The smallest absolute Gasteiger partial charge is 0.170 e. The van der Waals surface area contributed by atoms with Gasteiger partial charge < -0.3 is 9.47 Å². The molecule has 0 unspecified atom stereocenters. The lowest BCUT2D eigenvalue weighted by molar-refractivity contribution is -0.225. The molecule has 0 amide bonds. The molecule has 84 valence electrons. The molecule has 3 heteroatoms. The number of hydrogen-bond acceptors (Lipinski definition) is 3. The summed E-state index contributed by atoms with van der Waals surface area (Å²) in [6.45, 7) is 2.78. The predicted octanol–water partition coefficient (Wildman–Crippen LogP) is 1.69. The Morgan fingerprint density at radius 3 is 3.07 bits per heavy atom. The Kier molecular flexibility index (Phi) is 2.15. The van der Waals surface area contributed by atoms with Crippen LogP contribution in [0.2, 0.25) is 0 Å². The first kappa shape index (κ1) is 9.79. The van der Waals surface area contributed by atoms with Gasteiger partial charge in [0.15, 0.2) is 5.78 Å². The summed E-state index contributed by atoms with van der Waals surface area (Å²) in [6.07, 6.45) is 5.20. The molecule has 0 aromatic carbocycles. The molecule has 2 saturated carbocycles. The second kappa shape index (κ2) is 3.29. The predicted molar refractivity (Wildman–Crippen MR) is 54.6 cm³/mol. The normalized spacial score (nSPS) is 49.9. The quantitative estimate of drug-likeness (QED) is 0.610. The van der Waals surface area contributed by atoms with E-state index in [1.807, 2.05) is 6.92 Å². The minimum absolute atomic E-state index is 0.140. The van der Waals surface area contributed by atoms with Gasteiger partial charge in [-0.1, -0.05) is 12.8 Å². The maximum Gasteiger partial charge on any atom is 0.170 e. The Morgan fingerprint density at radius 1 is 1.33 bits per heavy atom. The number of rotatable bonds is 0. The van der Waals surface area contributed by atoms with Crippen molar-refractivity contribution in [2.45, 2.75) is 56.8 Å². The second-order valence-electron chi connectivity index (χ2n) is 5.12. The zero-order valence-electron chi connectivity index (χ0n) is 9.20. The fourth-order valence-electron chi connectivity index (χ4n) is 3.34. The van der Waals surface area contributed by atoms with Gasteiger partial charge in [-0.05, 0) is 26.2 Å². The monoisotopic (exact) mass is 210 g/mol. The lowest BCUT2D eigenvalue weighted by Crippen LogP contribution is -2.70. The minimum Gasteiger partial charge on any atom is -0.371 e. The van der Waals surface area contributed by atoms with E-state index in [0.717, 1.165) is 25.9 Å². The van der Waals surface area contributed by atoms with Gasteiger partial charge in [-0.15, -0.1) is 0 Å². The highest BCUT2D eigenvalue weighted by Crippen LogP contribution is 2.51. The zero-order chi connectivity index (χ0) is 10.5. The molecular weight excluding hydrogens is 192 g/mol. The second-order valence-corrected chi connectivity index (χ2v) is 5.12. The van der Waals surface area contributed by atoms with Crippen molar-refractivity contribution in [2.24, 2.45) is 5.92 Å². The summed E-state index contributed by atoms with van der Waals surface area (Å²) in [5.74, 6) is 0.435. The van der Waals surface area contributed by atoms with Crippen molar-refractivity contribution >= 4 is 5.78 Å². The molecule has 4 atom stereocenters. The summed E-state index contributed by atoms with van der Waals surface area (Å²) < 4.78 is 11.8. The van der Waals surface area contributed by atoms with Crippen molar-refractivity contribution in [3.8, 4) is 0 Å². The van der Waals surface area contributed by atoms with Crippen molar-refractivity contribution in [2.75, 3.05) is 6.61 Å². The highest BCUT2D eigenvalue weighted by Gasteiger charge is 2.65. The number of hydrogen-bond donors (Lipinski definition) is 0. The molecule has 3 nitrogen and oxygen atoms in total. The Labute approximate surface area is 90.1 Å². The molecule has 0 aromatic heterocycles. The van der Waals surface area contributed by atoms with Gasteiger partial charge in [-0.25, -0.2) is 0 Å². The maximum absolute atomic E-state index is 11.9. The van der Waals surface area contributed by atoms with E-state index < -0.39 is 0 Å². The van der Waals surface area contributed by atoms with Crippen LogP contribution in [-0.2, 0) is 14.3 Å². The number of ketones is 1. The molecule has 3 rings (SSSR count). The van der Waals surface area contributed by atoms with Crippen LogP contribution in [0.15, 0.2) is 0 Å². The molecule has 0 bridgehead atoms. The number of carbonyl (C=O) groups excluding carboxylic acids is 1. The van der Waals surface area contributed by atoms with E-state index in [9.17, 15) is 4.79 Å². The molecule has 3 aliphatic rings. The molecule has 1 aliphatic heterocycles. The fraction of sp³-hybridized carbons (Fsp3) is 0.917. The van der Waals surface area contributed by atoms with Crippen LogP contribution < -0.4 is 0 Å². The fourth-order valence-corrected chi connectivity index (χ4v) is 3.34. The third-order valence-corrected chi connectivity index (χ3v) is 4.21. The summed E-state index contributed by atoms with van der Waals surface area (Å²) in [6, 6.07) is 0. The van der Waals surface area contributed by atoms with Crippen molar-refractivity contribution in [1.29, 1.82) is 0 Å². The van der Waals surface area contributed by atoms with Crippen molar-refractivity contribution in [3.05, 3.63) is 0 Å². The molecule has 0 radical (unpaired) electrons. The minimum atomic E-state index is -0.250. The third-order valence-electron chi connectivity index (χ3n) is 4.21. The molecule has 1 saturated heterocycles. The van der Waals surface area contributed by atoms with E-state index in [2.05, 4.69) is 0 Å². The average molecular weight is 210 g/mol. The lowest BCUT2D eigenvalue weighted by atomic mass is 9.58. The van der Waals surface area contributed by atoms with Crippen LogP contribution in [0.3, 0.4) is 0 Å². The van der Waals surface area contributed by atoms with Gasteiger partial charge in [0.2, 0.25) is 0 Å². The summed E-state index contributed by atoms with van der Waals surface area (Å²) in [5.41, 5.74) is -0.222. The summed E-state index contributed by atoms with van der Waals surface area (Å²) in [4.78, 5) is 11.9. The van der Waals surface area contributed by atoms with Gasteiger partial charge in [0.25, 0.3) is 0 Å². The van der Waals surface area contributed by atoms with Gasteiger partial charge in [-0.2, -0.15) is 0 Å². The van der Waals surface area contributed by atoms with E-state index >= 15 is 0 Å². The van der Waals surface area contributed by atoms with Gasteiger partial charge in [0, 0.05) is 6.61 Å². The van der Waals surface area contributed by atoms with Crippen molar-refractivity contribution < 1.29 is 14.3 Å². The van der Waals surface area contributed by atoms with E-state index in [0.29, 0.717) is 5.78 Å². The number of ether oxygens (including phenoxy) is 2. The van der Waals surface area contributed by atoms with Crippen LogP contribution in [0.1, 0.15) is 39.0 Å². The van der Waals surface area contributed by atoms with E-state index in [1.165, 1.54) is 12.8 Å². The Hall–Kier alpha value is -0.410. The van der Waals surface area contributed by atoms with Crippen LogP contribution in [0.5, 0.6) is 0 Å². The third kappa shape index (κ3) is 1.23. The molecular formula is C12H18O3. The zero-order valence-corrected chi connectivity index (χ0v) is 9.20. The largest absolute Gasteiger partial charge is 0.371 e. The van der Waals surface area contributed by atoms with Crippen LogP contribution in [0.25, 0.3) is 0 Å². The standard InChI is InChI=1S/C12H18O3/c1-8-5-7-14-12-6-3-2-4-9(12)10(13)11(12)15-8/h8-9,11H,2-7H2,1H3/t8-,9-,11-,12+/m1/s1. The maximum atomic E-state index is 11.9. The summed E-state index contributed by atoms with van der Waals surface area (Å²) >= 11 is 0. The summed E-state index contributed by atoms with van der Waals surface area (Å²) in [5, 5.41) is 0. The topological polar surface area (TPSA) is 35.5 Å². The van der Waals surface area contributed by atoms with Gasteiger partial charge in [0.05, 0.1) is 12.0 Å². The number of Topliss-reactive ketones (excluding diaryl/α,β-unsaturated/α-hetero) is 1. The molecule has 1 spiro atoms.